The molecule has 1 unspecified atom stereocenters. The Morgan fingerprint density at radius 1 is 1.62 bits per heavy atom. The fourth-order valence-electron chi connectivity index (χ4n) is 1.87. The van der Waals surface area contributed by atoms with E-state index in [1.54, 1.807) is 0 Å². The van der Waals surface area contributed by atoms with Gasteiger partial charge in [0, 0.05) is 31.6 Å². The van der Waals surface area contributed by atoms with Crippen molar-refractivity contribution in [3.05, 3.63) is 0 Å². The summed E-state index contributed by atoms with van der Waals surface area (Å²) < 4.78 is 0. The molecule has 2 fully saturated rings. The van der Waals surface area contributed by atoms with Gasteiger partial charge in [0.2, 0.25) is 5.91 Å². The van der Waals surface area contributed by atoms with Crippen LogP contribution >= 0.6 is 0 Å². The Labute approximate surface area is 78.6 Å². The first-order valence-corrected chi connectivity index (χ1v) is 5.01. The zero-order valence-electron chi connectivity index (χ0n) is 8.07. The molecule has 13 heavy (non-hydrogen) atoms. The van der Waals surface area contributed by atoms with Crippen LogP contribution in [0.5, 0.6) is 0 Å². The van der Waals surface area contributed by atoms with E-state index in [1.165, 1.54) is 12.8 Å². The van der Waals surface area contributed by atoms with Gasteiger partial charge in [-0.3, -0.25) is 9.80 Å². The quantitative estimate of drug-likeness (QED) is 0.667. The Morgan fingerprint density at radius 2 is 2.31 bits per heavy atom. The smallest absolute Gasteiger partial charge is 0.238 e. The van der Waals surface area contributed by atoms with E-state index in [1.807, 2.05) is 11.9 Å². The monoisotopic (exact) mass is 183 g/mol. The Kier molecular flexibility index (Phi) is 2.26. The number of hydrazine groups is 1. The standard InChI is InChI=1S/C9H17N3O/c1-7(10)6-11-5-4-9(13)12(11)8-2-3-8/h7-8H,2-6,10H2,1H3. The summed E-state index contributed by atoms with van der Waals surface area (Å²) in [6.07, 6.45) is 3.01. The predicted octanol–water partition coefficient (Wildman–Crippen LogP) is -0.0547. The van der Waals surface area contributed by atoms with Crippen molar-refractivity contribution in [3.8, 4) is 0 Å². The fourth-order valence-corrected chi connectivity index (χ4v) is 1.87. The number of nitrogens with zero attached hydrogens (tertiary/aromatic N) is 2. The summed E-state index contributed by atoms with van der Waals surface area (Å²) in [6, 6.07) is 0.640. The van der Waals surface area contributed by atoms with Gasteiger partial charge in [-0.25, -0.2) is 5.01 Å². The molecule has 4 nitrogen and oxygen atoms in total. The third-order valence-corrected chi connectivity index (χ3v) is 2.54. The summed E-state index contributed by atoms with van der Waals surface area (Å²) in [4.78, 5) is 11.5. The van der Waals surface area contributed by atoms with Crippen LogP contribution in [0.1, 0.15) is 26.2 Å². The van der Waals surface area contributed by atoms with E-state index in [2.05, 4.69) is 5.01 Å². The Hall–Kier alpha value is -0.610. The van der Waals surface area contributed by atoms with Crippen molar-refractivity contribution in [2.24, 2.45) is 5.73 Å². The first-order chi connectivity index (χ1) is 6.18. The molecule has 1 amide bonds. The summed E-state index contributed by atoms with van der Waals surface area (Å²) in [5, 5.41) is 4.05. The number of hydrogen-bond donors (Lipinski definition) is 1. The highest BCUT2D eigenvalue weighted by Crippen LogP contribution is 2.31. The van der Waals surface area contributed by atoms with E-state index in [-0.39, 0.29) is 11.9 Å². The predicted molar refractivity (Wildman–Crippen MR) is 49.7 cm³/mol. The molecule has 2 N–H and O–H groups in total. The van der Waals surface area contributed by atoms with Crippen LogP contribution < -0.4 is 5.73 Å². The molecular weight excluding hydrogens is 166 g/mol. The van der Waals surface area contributed by atoms with Gasteiger partial charge < -0.3 is 5.73 Å². The molecule has 0 radical (unpaired) electrons. The number of rotatable bonds is 3. The highest BCUT2D eigenvalue weighted by molar-refractivity contribution is 5.78. The van der Waals surface area contributed by atoms with Crippen molar-refractivity contribution in [1.29, 1.82) is 0 Å². The first kappa shape index (κ1) is 8.97. The van der Waals surface area contributed by atoms with E-state index in [4.69, 9.17) is 5.73 Å². The number of hydrogen-bond acceptors (Lipinski definition) is 3. The van der Waals surface area contributed by atoms with Crippen molar-refractivity contribution < 1.29 is 4.79 Å². The second kappa shape index (κ2) is 3.27. The molecule has 0 bridgehead atoms. The van der Waals surface area contributed by atoms with Crippen LogP contribution in [0.25, 0.3) is 0 Å². The minimum Gasteiger partial charge on any atom is -0.327 e. The van der Waals surface area contributed by atoms with Gasteiger partial charge in [-0.05, 0) is 19.8 Å². The highest BCUT2D eigenvalue weighted by Gasteiger charge is 2.40. The van der Waals surface area contributed by atoms with Crippen LogP contribution in [-0.2, 0) is 4.79 Å². The molecule has 1 saturated heterocycles. The van der Waals surface area contributed by atoms with Crippen LogP contribution in [0.4, 0.5) is 0 Å². The van der Waals surface area contributed by atoms with Gasteiger partial charge >= 0.3 is 0 Å². The molecule has 2 rings (SSSR count). The zero-order chi connectivity index (χ0) is 9.42. The Balaban J connectivity index is 1.97. The van der Waals surface area contributed by atoms with Gasteiger partial charge in [0.25, 0.3) is 0 Å². The van der Waals surface area contributed by atoms with E-state index in [9.17, 15) is 4.79 Å². The summed E-state index contributed by atoms with van der Waals surface area (Å²) >= 11 is 0. The molecule has 2 aliphatic rings. The molecule has 0 aromatic carbocycles. The van der Waals surface area contributed by atoms with E-state index >= 15 is 0 Å². The molecule has 74 valence electrons. The van der Waals surface area contributed by atoms with Gasteiger partial charge in [0.15, 0.2) is 0 Å². The number of carbonyl (C=O) groups excluding carboxylic acids is 1. The van der Waals surface area contributed by atoms with Gasteiger partial charge in [0.1, 0.15) is 0 Å². The number of amides is 1. The SMILES string of the molecule is CC(N)CN1CCC(=O)N1C1CC1. The summed E-state index contributed by atoms with van der Waals surface area (Å²) in [6.45, 7) is 3.65. The minimum atomic E-state index is 0.146. The average molecular weight is 183 g/mol. The van der Waals surface area contributed by atoms with Crippen LogP contribution in [0, 0.1) is 0 Å². The summed E-state index contributed by atoms with van der Waals surface area (Å²) in [5.41, 5.74) is 5.72. The molecule has 0 spiro atoms. The number of carbonyl (C=O) groups is 1. The van der Waals surface area contributed by atoms with Crippen LogP contribution in [0.3, 0.4) is 0 Å². The molecule has 1 saturated carbocycles. The lowest BCUT2D eigenvalue weighted by molar-refractivity contribution is -0.139. The molecule has 0 aromatic rings. The van der Waals surface area contributed by atoms with Crippen LogP contribution in [0.2, 0.25) is 0 Å². The topological polar surface area (TPSA) is 49.6 Å². The van der Waals surface area contributed by atoms with E-state index in [0.717, 1.165) is 13.1 Å². The Morgan fingerprint density at radius 3 is 2.85 bits per heavy atom. The summed E-state index contributed by atoms with van der Waals surface area (Å²) in [7, 11) is 0. The second-order valence-corrected chi connectivity index (χ2v) is 4.11. The molecule has 1 aliphatic carbocycles. The first-order valence-electron chi connectivity index (χ1n) is 5.01. The van der Waals surface area contributed by atoms with Crippen molar-refractivity contribution in [1.82, 2.24) is 10.0 Å². The van der Waals surface area contributed by atoms with Crippen molar-refractivity contribution in [3.63, 3.8) is 0 Å². The fraction of sp³-hybridized carbons (Fsp3) is 0.889. The molecular formula is C9H17N3O. The lowest BCUT2D eigenvalue weighted by Crippen LogP contribution is -2.45. The largest absolute Gasteiger partial charge is 0.327 e. The third-order valence-electron chi connectivity index (χ3n) is 2.54. The highest BCUT2D eigenvalue weighted by atomic mass is 16.2. The van der Waals surface area contributed by atoms with Crippen molar-refractivity contribution >= 4 is 5.91 Å². The maximum absolute atomic E-state index is 11.5. The van der Waals surface area contributed by atoms with Gasteiger partial charge in [-0.1, -0.05) is 0 Å². The van der Waals surface area contributed by atoms with Gasteiger partial charge in [-0.2, -0.15) is 0 Å². The molecule has 0 aromatic heterocycles. The minimum absolute atomic E-state index is 0.146. The zero-order valence-corrected chi connectivity index (χ0v) is 8.07. The van der Waals surface area contributed by atoms with Gasteiger partial charge in [-0.15, -0.1) is 0 Å². The maximum Gasteiger partial charge on any atom is 0.238 e. The molecule has 1 aliphatic heterocycles. The van der Waals surface area contributed by atoms with Crippen molar-refractivity contribution in [2.45, 2.75) is 38.3 Å². The van der Waals surface area contributed by atoms with Crippen LogP contribution in [0.15, 0.2) is 0 Å². The van der Waals surface area contributed by atoms with Crippen LogP contribution in [-0.4, -0.2) is 41.1 Å². The Bertz CT molecular complexity index is 213. The lowest BCUT2D eigenvalue weighted by Gasteiger charge is -2.29. The summed E-state index contributed by atoms with van der Waals surface area (Å²) in [5.74, 6) is 0.281. The lowest BCUT2D eigenvalue weighted by atomic mass is 10.3. The van der Waals surface area contributed by atoms with E-state index in [0.29, 0.717) is 12.5 Å². The third kappa shape index (κ3) is 1.84. The maximum atomic E-state index is 11.5. The molecule has 4 heteroatoms. The number of nitrogens with two attached hydrogens (primary N) is 1. The van der Waals surface area contributed by atoms with Crippen molar-refractivity contribution in [2.75, 3.05) is 13.1 Å². The normalized spacial score (nSPS) is 26.9. The molecule has 1 atom stereocenters. The second-order valence-electron chi connectivity index (χ2n) is 4.11. The molecule has 1 heterocycles. The van der Waals surface area contributed by atoms with Gasteiger partial charge in [0.05, 0.1) is 0 Å². The average Bonchev–Trinajstić information content (AvgIpc) is 2.79. The van der Waals surface area contributed by atoms with E-state index < -0.39 is 0 Å².